The number of halogens is 2. The number of carbonyl (C=O) groups is 1. The van der Waals surface area contributed by atoms with Gasteiger partial charge in [0.2, 0.25) is 5.91 Å². The standard InChI is InChI=1S/C10H12BrClN4O/c11-6-3-7(12)10(15-4-6)16-2-1-14-5-8(16)9(13)17/h3-4,8,14H,1-2,5H2,(H2,13,17). The van der Waals surface area contributed by atoms with Gasteiger partial charge in [-0.1, -0.05) is 11.6 Å². The molecule has 1 aromatic heterocycles. The van der Waals surface area contributed by atoms with Crippen molar-refractivity contribution in [3.8, 4) is 0 Å². The average Bonchev–Trinajstić information content (AvgIpc) is 2.29. The number of aromatic nitrogens is 1. The van der Waals surface area contributed by atoms with Crippen LogP contribution in [-0.2, 0) is 4.79 Å². The fourth-order valence-electron chi connectivity index (χ4n) is 1.83. The number of pyridine rings is 1. The molecular formula is C10H12BrClN4O. The number of primary amides is 1. The van der Waals surface area contributed by atoms with Crippen LogP contribution in [-0.4, -0.2) is 36.6 Å². The highest BCUT2D eigenvalue weighted by Crippen LogP contribution is 2.27. The molecule has 92 valence electrons. The van der Waals surface area contributed by atoms with Gasteiger partial charge in [-0.25, -0.2) is 4.98 Å². The van der Waals surface area contributed by atoms with E-state index in [1.807, 2.05) is 4.90 Å². The summed E-state index contributed by atoms with van der Waals surface area (Å²) in [6.07, 6.45) is 1.65. The van der Waals surface area contributed by atoms with Gasteiger partial charge in [0, 0.05) is 30.3 Å². The van der Waals surface area contributed by atoms with Gasteiger partial charge >= 0.3 is 0 Å². The highest BCUT2D eigenvalue weighted by molar-refractivity contribution is 9.10. The zero-order chi connectivity index (χ0) is 12.4. The molecule has 1 saturated heterocycles. The Balaban J connectivity index is 2.32. The first-order valence-electron chi connectivity index (χ1n) is 5.17. The van der Waals surface area contributed by atoms with Gasteiger partial charge in [0.05, 0.1) is 5.02 Å². The smallest absolute Gasteiger partial charge is 0.241 e. The molecule has 2 heterocycles. The van der Waals surface area contributed by atoms with Crippen LogP contribution in [0.4, 0.5) is 5.82 Å². The second kappa shape index (κ2) is 5.20. The Morgan fingerprint density at radius 2 is 2.47 bits per heavy atom. The van der Waals surface area contributed by atoms with Crippen molar-refractivity contribution in [2.24, 2.45) is 5.73 Å². The fourth-order valence-corrected chi connectivity index (χ4v) is 2.57. The number of piperazine rings is 1. The normalized spacial score (nSPS) is 20.4. The molecule has 1 aliphatic heterocycles. The van der Waals surface area contributed by atoms with Crippen molar-refractivity contribution in [2.75, 3.05) is 24.5 Å². The molecular weight excluding hydrogens is 307 g/mol. The highest BCUT2D eigenvalue weighted by Gasteiger charge is 2.29. The van der Waals surface area contributed by atoms with Crippen LogP contribution in [0.25, 0.3) is 0 Å². The first-order valence-corrected chi connectivity index (χ1v) is 6.34. The minimum Gasteiger partial charge on any atom is -0.368 e. The Hall–Kier alpha value is -0.850. The summed E-state index contributed by atoms with van der Waals surface area (Å²) in [4.78, 5) is 17.5. The van der Waals surface area contributed by atoms with E-state index in [1.54, 1.807) is 12.3 Å². The van der Waals surface area contributed by atoms with Crippen LogP contribution in [0.2, 0.25) is 5.02 Å². The average molecular weight is 320 g/mol. The molecule has 1 atom stereocenters. The molecule has 2 rings (SSSR count). The lowest BCUT2D eigenvalue weighted by atomic mass is 10.2. The van der Waals surface area contributed by atoms with Crippen LogP contribution in [0.1, 0.15) is 0 Å². The highest BCUT2D eigenvalue weighted by atomic mass is 79.9. The van der Waals surface area contributed by atoms with Crippen molar-refractivity contribution in [3.63, 3.8) is 0 Å². The molecule has 3 N–H and O–H groups in total. The lowest BCUT2D eigenvalue weighted by Gasteiger charge is -2.35. The van der Waals surface area contributed by atoms with Crippen LogP contribution in [0, 0.1) is 0 Å². The summed E-state index contributed by atoms with van der Waals surface area (Å²) in [7, 11) is 0. The van der Waals surface area contributed by atoms with Gasteiger partial charge in [0.1, 0.15) is 11.9 Å². The summed E-state index contributed by atoms with van der Waals surface area (Å²) in [6.45, 7) is 1.95. The van der Waals surface area contributed by atoms with E-state index >= 15 is 0 Å². The number of amides is 1. The van der Waals surface area contributed by atoms with Crippen LogP contribution >= 0.6 is 27.5 Å². The van der Waals surface area contributed by atoms with E-state index in [0.29, 0.717) is 23.9 Å². The van der Waals surface area contributed by atoms with Crippen LogP contribution in [0.5, 0.6) is 0 Å². The van der Waals surface area contributed by atoms with Gasteiger partial charge in [-0.15, -0.1) is 0 Å². The van der Waals surface area contributed by atoms with E-state index in [4.69, 9.17) is 17.3 Å². The SMILES string of the molecule is NC(=O)C1CNCCN1c1ncc(Br)cc1Cl. The van der Waals surface area contributed by atoms with Crippen LogP contribution in [0.3, 0.4) is 0 Å². The number of hydrogen-bond donors (Lipinski definition) is 2. The van der Waals surface area contributed by atoms with Gasteiger partial charge in [0.25, 0.3) is 0 Å². The fraction of sp³-hybridized carbons (Fsp3) is 0.400. The van der Waals surface area contributed by atoms with Crippen LogP contribution in [0.15, 0.2) is 16.7 Å². The lowest BCUT2D eigenvalue weighted by Crippen LogP contribution is -2.57. The molecule has 0 aliphatic carbocycles. The Morgan fingerprint density at radius 3 is 3.12 bits per heavy atom. The molecule has 0 spiro atoms. The first-order chi connectivity index (χ1) is 8.09. The third kappa shape index (κ3) is 2.70. The van der Waals surface area contributed by atoms with E-state index in [1.165, 1.54) is 0 Å². The summed E-state index contributed by atoms with van der Waals surface area (Å²) < 4.78 is 0.803. The summed E-state index contributed by atoms with van der Waals surface area (Å²) in [6, 6.07) is 1.35. The lowest BCUT2D eigenvalue weighted by molar-refractivity contribution is -0.119. The number of nitrogens with two attached hydrogens (primary N) is 1. The monoisotopic (exact) mass is 318 g/mol. The number of nitrogens with one attached hydrogen (secondary N) is 1. The molecule has 1 aliphatic rings. The molecule has 0 aromatic carbocycles. The Labute approximate surface area is 112 Å². The molecule has 1 unspecified atom stereocenters. The summed E-state index contributed by atoms with van der Waals surface area (Å²) >= 11 is 9.42. The quantitative estimate of drug-likeness (QED) is 0.844. The van der Waals surface area contributed by atoms with Crippen molar-refractivity contribution in [1.82, 2.24) is 10.3 Å². The Kier molecular flexibility index (Phi) is 3.86. The van der Waals surface area contributed by atoms with Gasteiger partial charge < -0.3 is 16.0 Å². The molecule has 7 heteroatoms. The first kappa shape index (κ1) is 12.6. The predicted molar refractivity (Wildman–Crippen MR) is 70.1 cm³/mol. The van der Waals surface area contributed by atoms with Crippen molar-refractivity contribution in [2.45, 2.75) is 6.04 Å². The van der Waals surface area contributed by atoms with Gasteiger partial charge in [0.15, 0.2) is 0 Å². The number of anilines is 1. The van der Waals surface area contributed by atoms with Gasteiger partial charge in [-0.05, 0) is 22.0 Å². The largest absolute Gasteiger partial charge is 0.368 e. The van der Waals surface area contributed by atoms with E-state index in [0.717, 1.165) is 11.0 Å². The van der Waals surface area contributed by atoms with E-state index in [2.05, 4.69) is 26.2 Å². The number of rotatable bonds is 2. The summed E-state index contributed by atoms with van der Waals surface area (Å²) in [5.41, 5.74) is 5.37. The molecule has 1 amide bonds. The molecule has 5 nitrogen and oxygen atoms in total. The van der Waals surface area contributed by atoms with E-state index < -0.39 is 6.04 Å². The summed E-state index contributed by atoms with van der Waals surface area (Å²) in [5.74, 6) is 0.221. The number of nitrogens with zero attached hydrogens (tertiary/aromatic N) is 2. The topological polar surface area (TPSA) is 71.2 Å². The molecule has 0 radical (unpaired) electrons. The maximum Gasteiger partial charge on any atom is 0.241 e. The Bertz CT molecular complexity index is 442. The summed E-state index contributed by atoms with van der Waals surface area (Å²) in [5, 5.41) is 3.63. The van der Waals surface area contributed by atoms with E-state index in [-0.39, 0.29) is 5.91 Å². The van der Waals surface area contributed by atoms with Crippen molar-refractivity contribution in [1.29, 1.82) is 0 Å². The minimum absolute atomic E-state index is 0.377. The van der Waals surface area contributed by atoms with Crippen LogP contribution < -0.4 is 16.0 Å². The molecule has 1 fully saturated rings. The third-order valence-corrected chi connectivity index (χ3v) is 3.34. The van der Waals surface area contributed by atoms with Gasteiger partial charge in [-0.2, -0.15) is 0 Å². The zero-order valence-corrected chi connectivity index (χ0v) is 11.3. The number of hydrogen-bond acceptors (Lipinski definition) is 4. The number of carbonyl (C=O) groups excluding carboxylic acids is 1. The van der Waals surface area contributed by atoms with Crippen molar-refractivity contribution in [3.05, 3.63) is 21.8 Å². The molecule has 17 heavy (non-hydrogen) atoms. The minimum atomic E-state index is -0.407. The predicted octanol–water partition coefficient (Wildman–Crippen LogP) is 0.761. The van der Waals surface area contributed by atoms with Crippen molar-refractivity contribution < 1.29 is 4.79 Å². The van der Waals surface area contributed by atoms with Gasteiger partial charge in [-0.3, -0.25) is 4.79 Å². The molecule has 0 saturated carbocycles. The molecule has 0 bridgehead atoms. The van der Waals surface area contributed by atoms with Crippen molar-refractivity contribution >= 4 is 39.3 Å². The second-order valence-electron chi connectivity index (χ2n) is 3.77. The Morgan fingerprint density at radius 1 is 1.71 bits per heavy atom. The zero-order valence-electron chi connectivity index (χ0n) is 8.99. The second-order valence-corrected chi connectivity index (χ2v) is 5.10. The maximum atomic E-state index is 11.4. The maximum absolute atomic E-state index is 11.4. The third-order valence-electron chi connectivity index (χ3n) is 2.63. The van der Waals surface area contributed by atoms with E-state index in [9.17, 15) is 4.79 Å². The molecule has 1 aromatic rings.